The van der Waals surface area contributed by atoms with Gasteiger partial charge in [0.25, 0.3) is 5.91 Å². The summed E-state index contributed by atoms with van der Waals surface area (Å²) in [5.74, 6) is 0.625. The second-order valence-electron chi connectivity index (χ2n) is 7.98. The molecule has 6 heteroatoms. The van der Waals surface area contributed by atoms with Crippen molar-refractivity contribution in [1.29, 1.82) is 0 Å². The summed E-state index contributed by atoms with van der Waals surface area (Å²) < 4.78 is 0. The summed E-state index contributed by atoms with van der Waals surface area (Å²) in [4.78, 5) is 28.6. The first-order chi connectivity index (χ1) is 11.5. The van der Waals surface area contributed by atoms with Gasteiger partial charge >= 0.3 is 6.03 Å². The molecular formula is C18H31N3O3. The number of piperidine rings is 1. The van der Waals surface area contributed by atoms with Gasteiger partial charge in [-0.05, 0) is 44.7 Å². The Morgan fingerprint density at radius 1 is 1.12 bits per heavy atom. The van der Waals surface area contributed by atoms with Crippen LogP contribution in [0.25, 0.3) is 0 Å². The predicted molar refractivity (Wildman–Crippen MR) is 91.5 cm³/mol. The summed E-state index contributed by atoms with van der Waals surface area (Å²) in [6.45, 7) is 4.88. The summed E-state index contributed by atoms with van der Waals surface area (Å²) in [6.07, 6.45) is 7.30. The molecule has 0 aromatic rings. The zero-order valence-corrected chi connectivity index (χ0v) is 14.8. The van der Waals surface area contributed by atoms with Crippen LogP contribution in [-0.4, -0.2) is 64.7 Å². The van der Waals surface area contributed by atoms with Crippen LogP contribution in [0, 0.1) is 5.92 Å². The van der Waals surface area contributed by atoms with Crippen LogP contribution in [0.15, 0.2) is 0 Å². The van der Waals surface area contributed by atoms with E-state index in [0.29, 0.717) is 6.54 Å². The summed E-state index contributed by atoms with van der Waals surface area (Å²) >= 11 is 0. The molecular weight excluding hydrogens is 306 g/mol. The highest BCUT2D eigenvalue weighted by Crippen LogP contribution is 2.32. The first-order valence-corrected chi connectivity index (χ1v) is 9.55. The highest BCUT2D eigenvalue weighted by atomic mass is 16.3. The number of hydrogen-bond donors (Lipinski definition) is 2. The van der Waals surface area contributed by atoms with Crippen molar-refractivity contribution in [3.63, 3.8) is 0 Å². The fourth-order valence-electron chi connectivity index (χ4n) is 4.32. The molecule has 1 atom stereocenters. The van der Waals surface area contributed by atoms with Crippen LogP contribution < -0.4 is 5.32 Å². The maximum atomic E-state index is 12.8. The number of likely N-dealkylation sites (tertiary alicyclic amines) is 1. The molecule has 3 fully saturated rings. The van der Waals surface area contributed by atoms with Crippen molar-refractivity contribution < 1.29 is 14.7 Å². The first kappa shape index (κ1) is 17.7. The number of nitrogens with one attached hydrogen (secondary N) is 1. The standard InChI is InChI=1S/C18H31N3O3/c1-14-6-10-20(11-7-14)12-15(22)13-21-16(23)18(19-17(21)24)8-4-2-3-5-9-18/h14-15,22H,2-13H2,1H3,(H,19,24)/t15-/m0/s1. The number of β-amino-alcohol motifs (C(OH)–C–C–N with tert-alkyl or cyclic N) is 1. The minimum absolute atomic E-state index is 0.110. The minimum atomic E-state index is -0.701. The smallest absolute Gasteiger partial charge is 0.325 e. The average molecular weight is 337 g/mol. The first-order valence-electron chi connectivity index (χ1n) is 9.55. The highest BCUT2D eigenvalue weighted by Gasteiger charge is 2.50. The number of carbonyl (C=O) groups is 2. The number of nitrogens with zero attached hydrogens (tertiary/aromatic N) is 2. The van der Waals surface area contributed by atoms with Gasteiger partial charge in [0.15, 0.2) is 0 Å². The summed E-state index contributed by atoms with van der Waals surface area (Å²) in [5.41, 5.74) is -0.701. The largest absolute Gasteiger partial charge is 0.390 e. The molecule has 0 aromatic carbocycles. The summed E-state index contributed by atoms with van der Waals surface area (Å²) in [6, 6.07) is -0.326. The molecule has 24 heavy (non-hydrogen) atoms. The summed E-state index contributed by atoms with van der Waals surface area (Å²) in [5, 5.41) is 13.3. The maximum absolute atomic E-state index is 12.8. The van der Waals surface area contributed by atoms with E-state index in [0.717, 1.165) is 70.4 Å². The van der Waals surface area contributed by atoms with Crippen LogP contribution >= 0.6 is 0 Å². The lowest BCUT2D eigenvalue weighted by atomic mass is 9.90. The molecule has 0 aromatic heterocycles. The van der Waals surface area contributed by atoms with Crippen molar-refractivity contribution in [3.05, 3.63) is 0 Å². The monoisotopic (exact) mass is 337 g/mol. The van der Waals surface area contributed by atoms with Gasteiger partial charge in [-0.3, -0.25) is 9.69 Å². The molecule has 3 amide bonds. The SMILES string of the molecule is CC1CCN(C[C@H](O)CN2C(=O)NC3(CCCCCC3)C2=O)CC1. The zero-order valence-electron chi connectivity index (χ0n) is 14.8. The van der Waals surface area contributed by atoms with Crippen molar-refractivity contribution in [2.75, 3.05) is 26.2 Å². The number of hydrogen-bond acceptors (Lipinski definition) is 4. The van der Waals surface area contributed by atoms with E-state index in [1.165, 1.54) is 4.90 Å². The lowest BCUT2D eigenvalue weighted by Crippen LogP contribution is -2.48. The fraction of sp³-hybridized carbons (Fsp3) is 0.889. The zero-order chi connectivity index (χ0) is 17.2. The third-order valence-corrected chi connectivity index (χ3v) is 5.94. The molecule has 1 saturated carbocycles. The van der Waals surface area contributed by atoms with E-state index in [-0.39, 0.29) is 18.5 Å². The number of carbonyl (C=O) groups excluding carboxylic acids is 2. The lowest BCUT2D eigenvalue weighted by molar-refractivity contribution is -0.132. The van der Waals surface area contributed by atoms with Crippen molar-refractivity contribution >= 4 is 11.9 Å². The molecule has 0 radical (unpaired) electrons. The van der Waals surface area contributed by atoms with E-state index in [9.17, 15) is 14.7 Å². The van der Waals surface area contributed by atoms with Crippen LogP contribution in [0.2, 0.25) is 0 Å². The Hall–Kier alpha value is -1.14. The van der Waals surface area contributed by atoms with Crippen molar-refractivity contribution in [1.82, 2.24) is 15.1 Å². The van der Waals surface area contributed by atoms with Gasteiger partial charge in [0.2, 0.25) is 0 Å². The van der Waals surface area contributed by atoms with Gasteiger partial charge in [0.05, 0.1) is 12.6 Å². The molecule has 2 N–H and O–H groups in total. The number of rotatable bonds is 4. The third kappa shape index (κ3) is 3.75. The van der Waals surface area contributed by atoms with E-state index >= 15 is 0 Å². The lowest BCUT2D eigenvalue weighted by Gasteiger charge is -2.32. The van der Waals surface area contributed by atoms with Crippen LogP contribution in [0.4, 0.5) is 4.79 Å². The number of amides is 3. The van der Waals surface area contributed by atoms with Crippen LogP contribution in [0.1, 0.15) is 58.3 Å². The molecule has 2 aliphatic heterocycles. The number of imide groups is 1. The van der Waals surface area contributed by atoms with Gasteiger partial charge in [0, 0.05) is 6.54 Å². The molecule has 0 bridgehead atoms. The quantitative estimate of drug-likeness (QED) is 0.766. The van der Waals surface area contributed by atoms with Crippen molar-refractivity contribution in [2.45, 2.75) is 69.9 Å². The van der Waals surface area contributed by atoms with Gasteiger partial charge in [-0.25, -0.2) is 4.79 Å². The summed E-state index contributed by atoms with van der Waals surface area (Å²) in [7, 11) is 0. The van der Waals surface area contributed by atoms with E-state index in [4.69, 9.17) is 0 Å². The van der Waals surface area contributed by atoms with Crippen molar-refractivity contribution in [2.24, 2.45) is 5.92 Å². The Morgan fingerprint density at radius 2 is 1.75 bits per heavy atom. The second-order valence-corrected chi connectivity index (χ2v) is 7.98. The molecule has 6 nitrogen and oxygen atoms in total. The number of urea groups is 1. The van der Waals surface area contributed by atoms with Crippen LogP contribution in [-0.2, 0) is 4.79 Å². The Morgan fingerprint density at radius 3 is 2.38 bits per heavy atom. The Balaban J connectivity index is 1.56. The highest BCUT2D eigenvalue weighted by molar-refractivity contribution is 6.07. The van der Waals surface area contributed by atoms with E-state index in [1.807, 2.05) is 0 Å². The third-order valence-electron chi connectivity index (χ3n) is 5.94. The predicted octanol–water partition coefficient (Wildman–Crippen LogP) is 1.72. The van der Waals surface area contributed by atoms with Crippen LogP contribution in [0.5, 0.6) is 0 Å². The van der Waals surface area contributed by atoms with Crippen LogP contribution in [0.3, 0.4) is 0 Å². The van der Waals surface area contributed by atoms with Gasteiger partial charge < -0.3 is 15.3 Å². The van der Waals surface area contributed by atoms with Gasteiger partial charge in [-0.2, -0.15) is 0 Å². The Labute approximate surface area is 144 Å². The molecule has 3 rings (SSSR count). The van der Waals surface area contributed by atoms with Crippen molar-refractivity contribution in [3.8, 4) is 0 Å². The number of aliphatic hydroxyl groups is 1. The van der Waals surface area contributed by atoms with E-state index < -0.39 is 11.6 Å². The molecule has 3 aliphatic rings. The van der Waals surface area contributed by atoms with E-state index in [1.54, 1.807) is 0 Å². The van der Waals surface area contributed by atoms with Gasteiger partial charge in [0.1, 0.15) is 5.54 Å². The fourth-order valence-corrected chi connectivity index (χ4v) is 4.32. The molecule has 136 valence electrons. The normalized spacial score (nSPS) is 27.3. The Kier molecular flexibility index (Phi) is 5.45. The average Bonchev–Trinajstić information content (AvgIpc) is 2.73. The van der Waals surface area contributed by atoms with Gasteiger partial charge in [-0.1, -0.05) is 32.6 Å². The minimum Gasteiger partial charge on any atom is -0.390 e. The molecule has 2 saturated heterocycles. The molecule has 0 unspecified atom stereocenters. The molecule has 1 spiro atoms. The van der Waals surface area contributed by atoms with Gasteiger partial charge in [-0.15, -0.1) is 0 Å². The van der Waals surface area contributed by atoms with E-state index in [2.05, 4.69) is 17.1 Å². The second kappa shape index (κ2) is 7.40. The molecule has 1 aliphatic carbocycles. The maximum Gasteiger partial charge on any atom is 0.325 e. The topological polar surface area (TPSA) is 72.9 Å². The Bertz CT molecular complexity index is 466. The molecule has 2 heterocycles. The number of aliphatic hydroxyl groups excluding tert-OH is 1.